The van der Waals surface area contributed by atoms with Gasteiger partial charge in [0.25, 0.3) is 5.91 Å². The highest BCUT2D eigenvalue weighted by molar-refractivity contribution is 9.10. The first-order valence-corrected chi connectivity index (χ1v) is 9.50. The van der Waals surface area contributed by atoms with Crippen LogP contribution in [-0.4, -0.2) is 28.6 Å². The lowest BCUT2D eigenvalue weighted by molar-refractivity contribution is -0.119. The number of amides is 3. The normalized spacial score (nSPS) is 23.1. The molecule has 0 aromatic heterocycles. The highest BCUT2D eigenvalue weighted by atomic mass is 79.9. The van der Waals surface area contributed by atoms with Crippen LogP contribution < -0.4 is 4.90 Å². The van der Waals surface area contributed by atoms with Crippen LogP contribution in [0.5, 0.6) is 0 Å². The first-order valence-electron chi connectivity index (χ1n) is 7.66. The number of hydrogen-bond acceptors (Lipinski definition) is 3. The van der Waals surface area contributed by atoms with Crippen molar-refractivity contribution in [1.82, 2.24) is 4.90 Å². The van der Waals surface area contributed by atoms with E-state index in [0.717, 1.165) is 15.6 Å². The smallest absolute Gasteiger partial charge is 0.295 e. The van der Waals surface area contributed by atoms with Crippen LogP contribution in [0.1, 0.15) is 16.5 Å². The number of fused-ring (bicyclic) bond motifs is 1. The van der Waals surface area contributed by atoms with Gasteiger partial charge in [0.1, 0.15) is 11.4 Å². The fourth-order valence-electron chi connectivity index (χ4n) is 3.18. The predicted octanol–water partition coefficient (Wildman–Crippen LogP) is 4.34. The number of benzene rings is 2. The monoisotopic (exact) mass is 402 g/mol. The maximum absolute atomic E-state index is 13.0. The molecule has 122 valence electrons. The Bertz CT molecular complexity index is 824. The number of rotatable bonds is 2. The van der Waals surface area contributed by atoms with E-state index >= 15 is 0 Å². The number of anilines is 1. The summed E-state index contributed by atoms with van der Waals surface area (Å²) in [7, 11) is 0. The summed E-state index contributed by atoms with van der Waals surface area (Å²) in [6.45, 7) is 1.95. The molecule has 4 rings (SSSR count). The number of hydrogen-bond donors (Lipinski definition) is 0. The molecule has 2 fully saturated rings. The molecular formula is C18H15BrN2O2S. The van der Waals surface area contributed by atoms with Gasteiger partial charge in [0.15, 0.2) is 0 Å². The second-order valence-corrected chi connectivity index (χ2v) is 7.98. The number of urea groups is 1. The third kappa shape index (κ3) is 2.45. The number of halogens is 1. The maximum Gasteiger partial charge on any atom is 0.333 e. The molecule has 24 heavy (non-hydrogen) atoms. The first kappa shape index (κ1) is 15.7. The molecule has 0 saturated carbocycles. The number of imide groups is 1. The van der Waals surface area contributed by atoms with Crippen molar-refractivity contribution >= 4 is 45.3 Å². The van der Waals surface area contributed by atoms with Crippen LogP contribution in [-0.2, 0) is 4.79 Å². The molecule has 2 heterocycles. The zero-order valence-electron chi connectivity index (χ0n) is 13.0. The Morgan fingerprint density at radius 3 is 2.58 bits per heavy atom. The van der Waals surface area contributed by atoms with Gasteiger partial charge in [0, 0.05) is 10.2 Å². The molecule has 2 saturated heterocycles. The van der Waals surface area contributed by atoms with Gasteiger partial charge in [0.2, 0.25) is 0 Å². The van der Waals surface area contributed by atoms with E-state index in [0.29, 0.717) is 11.4 Å². The molecule has 4 nitrogen and oxygen atoms in total. The van der Waals surface area contributed by atoms with Crippen LogP contribution in [0, 0.1) is 6.92 Å². The lowest BCUT2D eigenvalue weighted by atomic mass is 10.2. The van der Waals surface area contributed by atoms with E-state index in [2.05, 4.69) is 15.9 Å². The van der Waals surface area contributed by atoms with Gasteiger partial charge < -0.3 is 0 Å². The van der Waals surface area contributed by atoms with Gasteiger partial charge >= 0.3 is 6.03 Å². The molecule has 0 unspecified atom stereocenters. The van der Waals surface area contributed by atoms with Crippen molar-refractivity contribution in [2.24, 2.45) is 0 Å². The van der Waals surface area contributed by atoms with E-state index in [1.54, 1.807) is 16.7 Å². The zero-order valence-corrected chi connectivity index (χ0v) is 15.4. The van der Waals surface area contributed by atoms with E-state index < -0.39 is 0 Å². The number of carbonyl (C=O) groups excluding carboxylic acids is 2. The van der Waals surface area contributed by atoms with Crippen molar-refractivity contribution in [2.75, 3.05) is 10.7 Å². The van der Waals surface area contributed by atoms with E-state index in [-0.39, 0.29) is 23.4 Å². The first-order chi connectivity index (χ1) is 11.6. The molecule has 3 amide bonds. The summed E-state index contributed by atoms with van der Waals surface area (Å²) in [6, 6.07) is 14.8. The lowest BCUT2D eigenvalue weighted by Gasteiger charge is -2.23. The van der Waals surface area contributed by atoms with Crippen molar-refractivity contribution in [2.45, 2.75) is 18.3 Å². The quantitative estimate of drug-likeness (QED) is 0.701. The summed E-state index contributed by atoms with van der Waals surface area (Å²) in [5.74, 6) is 0.505. The summed E-state index contributed by atoms with van der Waals surface area (Å²) < 4.78 is 0.996. The second kappa shape index (κ2) is 5.93. The summed E-state index contributed by atoms with van der Waals surface area (Å²) in [4.78, 5) is 28.8. The molecule has 2 aromatic rings. The number of aryl methyl sites for hydroxylation is 1. The van der Waals surface area contributed by atoms with E-state index in [4.69, 9.17) is 0 Å². The Hall–Kier alpha value is -1.79. The molecule has 0 aliphatic carbocycles. The largest absolute Gasteiger partial charge is 0.333 e. The maximum atomic E-state index is 13.0. The minimum absolute atomic E-state index is 0.116. The number of nitrogens with zero attached hydrogens (tertiary/aromatic N) is 2. The van der Waals surface area contributed by atoms with Gasteiger partial charge in [-0.3, -0.25) is 9.69 Å². The lowest BCUT2D eigenvalue weighted by Crippen LogP contribution is -2.33. The van der Waals surface area contributed by atoms with Crippen molar-refractivity contribution in [3.63, 3.8) is 0 Å². The van der Waals surface area contributed by atoms with Crippen molar-refractivity contribution < 1.29 is 9.59 Å². The van der Waals surface area contributed by atoms with Crippen LogP contribution in [0.25, 0.3) is 0 Å². The van der Waals surface area contributed by atoms with Gasteiger partial charge in [-0.25, -0.2) is 9.69 Å². The van der Waals surface area contributed by atoms with Crippen LogP contribution in [0.2, 0.25) is 0 Å². The summed E-state index contributed by atoms with van der Waals surface area (Å²) in [5.41, 5.74) is 2.72. The molecule has 0 radical (unpaired) electrons. The molecule has 2 atom stereocenters. The SMILES string of the molecule is Cc1cccc(N2C(=O)[C@H]3CS[C@@H](c4ccc(Br)cc4)N3C2=O)c1. The minimum Gasteiger partial charge on any atom is -0.295 e. The number of thioether (sulfide) groups is 1. The minimum atomic E-state index is -0.378. The van der Waals surface area contributed by atoms with Gasteiger partial charge in [-0.1, -0.05) is 40.2 Å². The third-order valence-corrected chi connectivity index (χ3v) is 6.18. The fraction of sp³-hybridized carbons (Fsp3) is 0.222. The Labute approximate surface area is 152 Å². The molecule has 0 N–H and O–H groups in total. The summed E-state index contributed by atoms with van der Waals surface area (Å²) in [6.07, 6.45) is 0. The highest BCUT2D eigenvalue weighted by Crippen LogP contribution is 2.46. The predicted molar refractivity (Wildman–Crippen MR) is 99.0 cm³/mol. The van der Waals surface area contributed by atoms with Crippen molar-refractivity contribution in [3.8, 4) is 0 Å². The van der Waals surface area contributed by atoms with E-state index in [1.807, 2.05) is 55.5 Å². The summed E-state index contributed by atoms with van der Waals surface area (Å²) in [5, 5.41) is -0.116. The van der Waals surface area contributed by atoms with Crippen molar-refractivity contribution in [1.29, 1.82) is 0 Å². The summed E-state index contributed by atoms with van der Waals surface area (Å²) >= 11 is 5.07. The highest BCUT2D eigenvalue weighted by Gasteiger charge is 2.53. The van der Waals surface area contributed by atoms with E-state index in [1.165, 1.54) is 4.90 Å². The fourth-order valence-corrected chi connectivity index (χ4v) is 4.86. The molecule has 2 aliphatic rings. The van der Waals surface area contributed by atoms with E-state index in [9.17, 15) is 9.59 Å². The molecule has 0 spiro atoms. The van der Waals surface area contributed by atoms with Crippen LogP contribution >= 0.6 is 27.7 Å². The Kier molecular flexibility index (Phi) is 3.89. The Balaban J connectivity index is 1.69. The van der Waals surface area contributed by atoms with Crippen LogP contribution in [0.3, 0.4) is 0 Å². The topological polar surface area (TPSA) is 40.6 Å². The average Bonchev–Trinajstić information content (AvgIpc) is 3.09. The Morgan fingerprint density at radius 1 is 1.12 bits per heavy atom. The molecular weight excluding hydrogens is 388 g/mol. The molecule has 6 heteroatoms. The van der Waals surface area contributed by atoms with Gasteiger partial charge in [-0.05, 0) is 42.3 Å². The molecule has 2 aromatic carbocycles. The average molecular weight is 403 g/mol. The van der Waals surface area contributed by atoms with Crippen LogP contribution in [0.4, 0.5) is 10.5 Å². The second-order valence-electron chi connectivity index (χ2n) is 5.96. The standard InChI is InChI=1S/C18H15BrN2O2S/c1-11-3-2-4-14(9-11)20-16(22)15-10-24-17(21(15)18(20)23)12-5-7-13(19)8-6-12/h2-9,15,17H,10H2,1H3/t15-,17+/m1/s1. The van der Waals surface area contributed by atoms with Crippen LogP contribution in [0.15, 0.2) is 53.0 Å². The number of carbonyl (C=O) groups is 2. The van der Waals surface area contributed by atoms with Crippen molar-refractivity contribution in [3.05, 3.63) is 64.1 Å². The molecule has 2 aliphatic heterocycles. The molecule has 0 bridgehead atoms. The van der Waals surface area contributed by atoms with Gasteiger partial charge in [0.05, 0.1) is 5.69 Å². The van der Waals surface area contributed by atoms with Gasteiger partial charge in [-0.15, -0.1) is 11.8 Å². The zero-order chi connectivity index (χ0) is 16.8. The Morgan fingerprint density at radius 2 is 1.88 bits per heavy atom. The third-order valence-electron chi connectivity index (χ3n) is 4.33. The van der Waals surface area contributed by atoms with Gasteiger partial charge in [-0.2, -0.15) is 0 Å².